The van der Waals surface area contributed by atoms with Crippen molar-refractivity contribution in [3.63, 3.8) is 0 Å². The summed E-state index contributed by atoms with van der Waals surface area (Å²) in [6.07, 6.45) is 6.85. The Labute approximate surface area is 236 Å². The van der Waals surface area contributed by atoms with Gasteiger partial charge in [0, 0.05) is 0 Å². The zero-order valence-corrected chi connectivity index (χ0v) is 26.2. The van der Waals surface area contributed by atoms with E-state index in [0.29, 0.717) is 0 Å². The van der Waals surface area contributed by atoms with Gasteiger partial charge in [-0.2, -0.15) is 0 Å². The SMILES string of the molecule is CCCC1CCC(c2cc(F)c(C#Cc3ccc(C)cc3[I-]C(I)(I)I)c(F)c2)CC1. The summed E-state index contributed by atoms with van der Waals surface area (Å²) >= 11 is 7.03. The Bertz CT molecular complexity index is 954. The molecule has 0 aliphatic heterocycles. The molecular formula is C25H25F2I4-. The molecule has 6 heteroatoms. The molecule has 0 amide bonds. The van der Waals surface area contributed by atoms with Crippen LogP contribution in [-0.4, -0.2) is -2.56 Å². The number of hydrogen-bond donors (Lipinski definition) is 0. The first-order valence-corrected chi connectivity index (χ1v) is 15.9. The summed E-state index contributed by atoms with van der Waals surface area (Å²) in [4.78, 5) is 0. The second kappa shape index (κ2) is 12.0. The minimum absolute atomic E-state index is 0.113. The quantitative estimate of drug-likeness (QED) is 0.199. The molecule has 1 aliphatic rings. The Morgan fingerprint density at radius 3 is 2.23 bits per heavy atom. The number of hydrogen-bond acceptors (Lipinski definition) is 0. The van der Waals surface area contributed by atoms with Gasteiger partial charge in [0.2, 0.25) is 0 Å². The van der Waals surface area contributed by atoms with Crippen molar-refractivity contribution >= 4 is 67.8 Å². The summed E-state index contributed by atoms with van der Waals surface area (Å²) in [5, 5.41) is 0. The van der Waals surface area contributed by atoms with Crippen molar-refractivity contribution in [3.05, 3.63) is 67.8 Å². The van der Waals surface area contributed by atoms with Crippen LogP contribution in [0.3, 0.4) is 0 Å². The summed E-state index contributed by atoms with van der Waals surface area (Å²) in [7, 11) is 0. The van der Waals surface area contributed by atoms with Gasteiger partial charge in [-0.25, -0.2) is 0 Å². The predicted octanol–water partition coefficient (Wildman–Crippen LogP) is 5.92. The molecule has 1 saturated carbocycles. The molecule has 0 saturated heterocycles. The first-order chi connectivity index (χ1) is 14.7. The summed E-state index contributed by atoms with van der Waals surface area (Å²) in [6, 6.07) is 9.19. The summed E-state index contributed by atoms with van der Waals surface area (Å²) in [5.74, 6) is 5.84. The van der Waals surface area contributed by atoms with Crippen LogP contribution in [0.4, 0.5) is 8.78 Å². The molecule has 2 aromatic rings. The monoisotopic (exact) mass is 871 g/mol. The molecule has 0 aromatic heterocycles. The fourth-order valence-corrected chi connectivity index (χ4v) is 10.5. The van der Waals surface area contributed by atoms with Gasteiger partial charge in [0.05, 0.1) is 0 Å². The van der Waals surface area contributed by atoms with E-state index in [1.807, 2.05) is 12.1 Å². The average molecular weight is 871 g/mol. The molecular weight excluding hydrogens is 846 g/mol. The Morgan fingerprint density at radius 2 is 1.65 bits per heavy atom. The molecule has 0 bridgehead atoms. The van der Waals surface area contributed by atoms with Gasteiger partial charge in [-0.05, 0) is 0 Å². The van der Waals surface area contributed by atoms with E-state index >= 15 is 0 Å². The molecule has 0 nitrogen and oxygen atoms in total. The van der Waals surface area contributed by atoms with Crippen LogP contribution in [0.1, 0.15) is 73.6 Å². The molecule has 1 fully saturated rings. The molecule has 0 spiro atoms. The van der Waals surface area contributed by atoms with E-state index in [1.165, 1.54) is 34.1 Å². The molecule has 1 aliphatic carbocycles. The summed E-state index contributed by atoms with van der Waals surface area (Å²) in [5.41, 5.74) is 2.74. The van der Waals surface area contributed by atoms with Crippen LogP contribution in [0.15, 0.2) is 30.3 Å². The number of alkyl halides is 4. The van der Waals surface area contributed by atoms with Crippen molar-refractivity contribution in [2.45, 2.75) is 55.7 Å². The first kappa shape index (κ1) is 26.4. The van der Waals surface area contributed by atoms with Gasteiger partial charge in [-0.1, -0.05) is 19.8 Å². The van der Waals surface area contributed by atoms with Crippen molar-refractivity contribution in [1.29, 1.82) is 0 Å². The van der Waals surface area contributed by atoms with E-state index in [9.17, 15) is 8.78 Å². The fraction of sp³-hybridized carbons (Fsp3) is 0.440. The fourth-order valence-electron chi connectivity index (χ4n) is 4.19. The Morgan fingerprint density at radius 1 is 1.00 bits per heavy atom. The first-order valence-electron chi connectivity index (χ1n) is 10.5. The number of benzene rings is 2. The average Bonchev–Trinajstić information content (AvgIpc) is 2.68. The Kier molecular flexibility index (Phi) is 10.2. The summed E-state index contributed by atoms with van der Waals surface area (Å²) in [6.45, 7) is 4.29. The third kappa shape index (κ3) is 7.91. The normalized spacial score (nSPS) is 19.2. The zero-order valence-electron chi connectivity index (χ0n) is 17.6. The van der Waals surface area contributed by atoms with Crippen LogP contribution in [0.2, 0.25) is 0 Å². The molecule has 168 valence electrons. The van der Waals surface area contributed by atoms with Crippen LogP contribution < -0.4 is 21.2 Å². The molecule has 2 aromatic carbocycles. The van der Waals surface area contributed by atoms with Gasteiger partial charge < -0.3 is 0 Å². The third-order valence-corrected chi connectivity index (χ3v) is 11.9. The van der Waals surface area contributed by atoms with Crippen LogP contribution >= 0.6 is 67.8 Å². The number of rotatable bonds is 5. The number of aryl methyl sites for hydroxylation is 1. The van der Waals surface area contributed by atoms with E-state index in [0.717, 1.165) is 42.7 Å². The third-order valence-electron chi connectivity index (χ3n) is 5.74. The van der Waals surface area contributed by atoms with Gasteiger partial charge in [0.25, 0.3) is 0 Å². The zero-order chi connectivity index (χ0) is 22.6. The standard InChI is InChI=1S/C25H25F2I4/c1-3-4-17-6-9-18(10-7-17)20-14-22(26)21(23(27)15-20)12-11-19-8-5-16(2)13-24(19)31-25(28,29)30/h5,8,13-15,17-18H,3-4,6-7,9-10H2,1-2H3/q-1. The van der Waals surface area contributed by atoms with E-state index in [4.69, 9.17) is 0 Å². The maximum absolute atomic E-state index is 14.9. The topological polar surface area (TPSA) is 0 Å². The van der Waals surface area contributed by atoms with E-state index < -0.39 is 11.6 Å². The van der Waals surface area contributed by atoms with Gasteiger partial charge >= 0.3 is 219 Å². The second-order valence-corrected chi connectivity index (χ2v) is 28.7. The van der Waals surface area contributed by atoms with Crippen molar-refractivity contribution in [1.82, 2.24) is 0 Å². The summed E-state index contributed by atoms with van der Waals surface area (Å²) < 4.78 is 31.1. The van der Waals surface area contributed by atoms with E-state index in [-0.39, 0.29) is 30.1 Å². The molecule has 0 atom stereocenters. The minimum atomic E-state index is -0.535. The van der Waals surface area contributed by atoms with Crippen molar-refractivity contribution in [2.75, 3.05) is 0 Å². The van der Waals surface area contributed by atoms with Crippen molar-refractivity contribution in [2.24, 2.45) is 5.92 Å². The number of halogens is 6. The Hall–Kier alpha value is 0.780. The van der Waals surface area contributed by atoms with Gasteiger partial charge in [-0.3, -0.25) is 0 Å². The molecule has 0 radical (unpaired) electrons. The Balaban J connectivity index is 1.83. The van der Waals surface area contributed by atoms with Crippen LogP contribution in [0.25, 0.3) is 0 Å². The van der Waals surface area contributed by atoms with E-state index in [2.05, 4.69) is 99.5 Å². The van der Waals surface area contributed by atoms with E-state index in [1.54, 1.807) is 0 Å². The van der Waals surface area contributed by atoms with Gasteiger partial charge in [-0.15, -0.1) is 0 Å². The second-order valence-electron chi connectivity index (χ2n) is 8.12. The van der Waals surface area contributed by atoms with Crippen LogP contribution in [0.5, 0.6) is 0 Å². The molecule has 0 unspecified atom stereocenters. The molecule has 0 N–H and O–H groups in total. The molecule has 31 heavy (non-hydrogen) atoms. The van der Waals surface area contributed by atoms with Crippen molar-refractivity contribution < 1.29 is 30.0 Å². The van der Waals surface area contributed by atoms with Crippen molar-refractivity contribution in [3.8, 4) is 11.8 Å². The van der Waals surface area contributed by atoms with Crippen LogP contribution in [0, 0.1) is 39.9 Å². The maximum atomic E-state index is 14.9. The molecule has 0 heterocycles. The van der Waals surface area contributed by atoms with Gasteiger partial charge in [0.15, 0.2) is 0 Å². The molecule has 3 rings (SSSR count). The van der Waals surface area contributed by atoms with Crippen LogP contribution in [-0.2, 0) is 0 Å². The predicted molar refractivity (Wildman–Crippen MR) is 147 cm³/mol. The van der Waals surface area contributed by atoms with Gasteiger partial charge in [0.1, 0.15) is 0 Å².